The van der Waals surface area contributed by atoms with Gasteiger partial charge in [-0.25, -0.2) is 13.2 Å². The molecule has 0 N–H and O–H groups in total. The van der Waals surface area contributed by atoms with E-state index in [1.165, 1.54) is 13.8 Å². The fourth-order valence-corrected chi connectivity index (χ4v) is 2.45. The number of carbonyl (C=O) groups is 2. The Hall–Kier alpha value is -1.94. The first-order chi connectivity index (χ1) is 13.7. The maximum atomic E-state index is 13.8. The molecule has 0 rings (SSSR count). The molecule has 0 fully saturated rings. The van der Waals surface area contributed by atoms with Crippen LogP contribution >= 0.6 is 0 Å². The van der Waals surface area contributed by atoms with Gasteiger partial charge in [0.15, 0.2) is 10.1 Å². The molecule has 0 heterocycles. The molecule has 31 heavy (non-hydrogen) atoms. The number of nitrogens with zero attached hydrogens (tertiary/aromatic N) is 1. The van der Waals surface area contributed by atoms with E-state index in [4.69, 9.17) is 0 Å². The van der Waals surface area contributed by atoms with Crippen molar-refractivity contribution in [3.63, 3.8) is 0 Å². The fourth-order valence-electron chi connectivity index (χ4n) is 1.98. The lowest BCUT2D eigenvalue weighted by Crippen LogP contribution is -2.62. The van der Waals surface area contributed by atoms with Gasteiger partial charge in [0.1, 0.15) is 0 Å². The Kier molecular flexibility index (Phi) is 9.08. The highest BCUT2D eigenvalue weighted by Crippen LogP contribution is 2.42. The zero-order chi connectivity index (χ0) is 25.1. The Morgan fingerprint density at radius 2 is 1.48 bits per heavy atom. The van der Waals surface area contributed by atoms with Gasteiger partial charge in [0.2, 0.25) is 0 Å². The number of esters is 1. The van der Waals surface area contributed by atoms with Gasteiger partial charge < -0.3 is 18.9 Å². The van der Waals surface area contributed by atoms with E-state index in [-0.39, 0.29) is 13.1 Å². The molecule has 1 amide bonds. The summed E-state index contributed by atoms with van der Waals surface area (Å²) in [6, 6.07) is 0. The minimum atomic E-state index is -6.91. The molecule has 0 aromatic carbocycles. The van der Waals surface area contributed by atoms with E-state index in [9.17, 15) is 53.3 Å². The minimum absolute atomic E-state index is 0.385. The Balaban J connectivity index is 6.20. The molecule has 0 saturated carbocycles. The van der Waals surface area contributed by atoms with Gasteiger partial charge in [-0.3, -0.25) is 4.79 Å². The summed E-state index contributed by atoms with van der Waals surface area (Å²) in [5, 5.41) is -6.19. The normalized spacial score (nSPS) is 15.2. The highest BCUT2D eigenvalue weighted by Gasteiger charge is 2.68. The molecule has 0 aliphatic rings. The highest BCUT2D eigenvalue weighted by atomic mass is 32.2. The van der Waals surface area contributed by atoms with E-state index in [2.05, 4.69) is 16.1 Å². The SMILES string of the molecule is C=C(C)C(=O)OC(OCCC(F)(F)C(F)(F)S(=O)(=O)[O-])(C(=O)N(CC)CC)C(F)(F)F. The van der Waals surface area contributed by atoms with Crippen LogP contribution in [0.3, 0.4) is 0 Å². The number of amides is 1. The Morgan fingerprint density at radius 1 is 1.03 bits per heavy atom. The average Bonchev–Trinajstić information content (AvgIpc) is 2.59. The molecule has 8 nitrogen and oxygen atoms in total. The lowest BCUT2D eigenvalue weighted by Gasteiger charge is -2.37. The van der Waals surface area contributed by atoms with Crippen LogP contribution in [0.15, 0.2) is 12.2 Å². The van der Waals surface area contributed by atoms with E-state index >= 15 is 0 Å². The molecule has 0 aliphatic heterocycles. The second-order valence-corrected chi connectivity index (χ2v) is 7.46. The van der Waals surface area contributed by atoms with Crippen molar-refractivity contribution in [3.8, 4) is 0 Å². The van der Waals surface area contributed by atoms with Crippen molar-refractivity contribution in [2.45, 2.75) is 50.3 Å². The number of likely N-dealkylation sites (N-methyl/N-ethyl adjacent to an activating group) is 1. The van der Waals surface area contributed by atoms with E-state index in [0.29, 0.717) is 4.90 Å². The van der Waals surface area contributed by atoms with Crippen molar-refractivity contribution >= 4 is 22.0 Å². The molecular formula is C15H19F7NO7S-. The number of hydrogen-bond acceptors (Lipinski definition) is 7. The van der Waals surface area contributed by atoms with Crippen LogP contribution in [0.4, 0.5) is 30.7 Å². The van der Waals surface area contributed by atoms with Gasteiger partial charge in [0, 0.05) is 25.1 Å². The van der Waals surface area contributed by atoms with E-state index < -0.39 is 63.7 Å². The standard InChI is InChI=1S/C15H20F7NO7S/c1-5-23(6-2)11(25)13(14(18,19)20,30-10(24)9(3)4)29-8-7-12(16,17)15(21,22)31(26,27)28/h3,5-8H2,1-2,4H3,(H,26,27,28)/p-1. The van der Waals surface area contributed by atoms with Crippen molar-refractivity contribution in [2.75, 3.05) is 19.7 Å². The first kappa shape index (κ1) is 29.1. The van der Waals surface area contributed by atoms with Gasteiger partial charge in [-0.2, -0.15) is 30.7 Å². The molecule has 0 aromatic rings. The predicted octanol–water partition coefficient (Wildman–Crippen LogP) is 2.41. The minimum Gasteiger partial charge on any atom is -0.743 e. The summed E-state index contributed by atoms with van der Waals surface area (Å²) in [4.78, 5) is 24.6. The molecule has 0 radical (unpaired) electrons. The van der Waals surface area contributed by atoms with Crippen molar-refractivity contribution in [2.24, 2.45) is 0 Å². The molecule has 1 unspecified atom stereocenters. The van der Waals surface area contributed by atoms with Crippen LogP contribution in [0.25, 0.3) is 0 Å². The van der Waals surface area contributed by atoms with E-state index in [0.717, 1.165) is 6.92 Å². The van der Waals surface area contributed by atoms with Crippen molar-refractivity contribution in [1.29, 1.82) is 0 Å². The van der Waals surface area contributed by atoms with Gasteiger partial charge >= 0.3 is 35.0 Å². The van der Waals surface area contributed by atoms with Crippen molar-refractivity contribution < 1.29 is 62.8 Å². The maximum absolute atomic E-state index is 13.8. The molecule has 0 aromatic heterocycles. The Labute approximate surface area is 172 Å². The third-order valence-corrected chi connectivity index (χ3v) is 4.68. The Bertz CT molecular complexity index is 794. The number of halogens is 7. The van der Waals surface area contributed by atoms with Crippen LogP contribution in [-0.4, -0.2) is 72.6 Å². The summed E-state index contributed by atoms with van der Waals surface area (Å²) >= 11 is 0. The van der Waals surface area contributed by atoms with Crippen LogP contribution in [0.5, 0.6) is 0 Å². The number of hydrogen-bond donors (Lipinski definition) is 0. The third kappa shape index (κ3) is 6.06. The smallest absolute Gasteiger partial charge is 0.466 e. The zero-order valence-electron chi connectivity index (χ0n) is 16.4. The lowest BCUT2D eigenvalue weighted by atomic mass is 10.2. The molecule has 0 spiro atoms. The zero-order valence-corrected chi connectivity index (χ0v) is 17.2. The number of rotatable bonds is 11. The average molecular weight is 490 g/mol. The summed E-state index contributed by atoms with van der Waals surface area (Å²) in [6.07, 6.45) is -8.34. The molecule has 16 heteroatoms. The van der Waals surface area contributed by atoms with E-state index in [1.54, 1.807) is 0 Å². The van der Waals surface area contributed by atoms with Gasteiger partial charge in [-0.15, -0.1) is 0 Å². The van der Waals surface area contributed by atoms with Gasteiger partial charge in [-0.1, -0.05) is 6.58 Å². The molecule has 0 saturated heterocycles. The summed E-state index contributed by atoms with van der Waals surface area (Å²) in [5.74, 6) is -14.1. The number of carbonyl (C=O) groups excluding carboxylic acids is 2. The summed E-state index contributed by atoms with van der Waals surface area (Å²) in [6.45, 7) is 3.50. The van der Waals surface area contributed by atoms with Gasteiger partial charge in [0.25, 0.3) is 0 Å². The summed E-state index contributed by atoms with van der Waals surface area (Å²) in [7, 11) is -6.91. The first-order valence-corrected chi connectivity index (χ1v) is 9.72. The van der Waals surface area contributed by atoms with E-state index in [1.807, 2.05) is 0 Å². The monoisotopic (exact) mass is 490 g/mol. The van der Waals surface area contributed by atoms with Gasteiger partial charge in [-0.05, 0) is 20.8 Å². The number of ether oxygens (including phenoxy) is 2. The quantitative estimate of drug-likeness (QED) is 0.144. The lowest BCUT2D eigenvalue weighted by molar-refractivity contribution is -0.352. The largest absolute Gasteiger partial charge is 0.743 e. The van der Waals surface area contributed by atoms with Crippen molar-refractivity contribution in [3.05, 3.63) is 12.2 Å². The summed E-state index contributed by atoms with van der Waals surface area (Å²) in [5.41, 5.74) is -0.654. The van der Waals surface area contributed by atoms with Crippen molar-refractivity contribution in [1.82, 2.24) is 4.90 Å². The molecular weight excluding hydrogens is 471 g/mol. The molecule has 0 bridgehead atoms. The maximum Gasteiger partial charge on any atom is 0.466 e. The van der Waals surface area contributed by atoms with Crippen LogP contribution in [0.1, 0.15) is 27.2 Å². The molecule has 0 aliphatic carbocycles. The van der Waals surface area contributed by atoms with Gasteiger partial charge in [0.05, 0.1) is 6.61 Å². The number of alkyl halides is 7. The second kappa shape index (κ2) is 9.68. The van der Waals surface area contributed by atoms with Crippen LogP contribution in [-0.2, 0) is 29.2 Å². The first-order valence-electron chi connectivity index (χ1n) is 8.31. The van der Waals surface area contributed by atoms with Crippen LogP contribution in [0, 0.1) is 0 Å². The van der Waals surface area contributed by atoms with Crippen LogP contribution in [0.2, 0.25) is 0 Å². The second-order valence-electron chi connectivity index (χ2n) is 6.04. The molecule has 1 atom stereocenters. The van der Waals surface area contributed by atoms with Crippen LogP contribution < -0.4 is 0 Å². The topological polar surface area (TPSA) is 113 Å². The molecule has 182 valence electrons. The predicted molar refractivity (Wildman–Crippen MR) is 87.8 cm³/mol. The fraction of sp³-hybridized carbons (Fsp3) is 0.733. The Morgan fingerprint density at radius 3 is 1.81 bits per heavy atom. The summed E-state index contributed by atoms with van der Waals surface area (Å²) < 4.78 is 134. The third-order valence-electron chi connectivity index (χ3n) is 3.75. The highest BCUT2D eigenvalue weighted by molar-refractivity contribution is 7.86.